The number of carbonyl (C=O) groups excluding carboxylic acids is 1. The maximum atomic E-state index is 13.2. The molecule has 1 aromatic carbocycles. The number of carbonyl (C=O) groups is 1. The summed E-state index contributed by atoms with van der Waals surface area (Å²) in [5.74, 6) is -0.297. The lowest BCUT2D eigenvalue weighted by molar-refractivity contribution is -0.116. The number of aromatic nitrogens is 4. The van der Waals surface area contributed by atoms with Gasteiger partial charge in [0, 0.05) is 25.4 Å². The maximum absolute atomic E-state index is 13.2. The quantitative estimate of drug-likeness (QED) is 0.709. The van der Waals surface area contributed by atoms with Crippen LogP contribution in [0.3, 0.4) is 0 Å². The van der Waals surface area contributed by atoms with Gasteiger partial charge in [-0.1, -0.05) is 35.3 Å². The molecule has 2 aromatic heterocycles. The Hall–Kier alpha value is -2.38. The zero-order chi connectivity index (χ0) is 17.8. The second-order valence-electron chi connectivity index (χ2n) is 5.37. The number of hydrogen-bond donors (Lipinski definition) is 1. The highest BCUT2D eigenvalue weighted by molar-refractivity contribution is 6.33. The second kappa shape index (κ2) is 7.67. The summed E-state index contributed by atoms with van der Waals surface area (Å²) in [5.41, 5.74) is 0.743. The molecule has 3 rings (SSSR count). The SMILES string of the molecule is O=C(CCn1cc(Cl)cn1)Nc1nn(Cc2cccc(F)c2)cc1Cl. The summed E-state index contributed by atoms with van der Waals surface area (Å²) >= 11 is 11.9. The standard InChI is InChI=1S/C16H14Cl2FN5O/c17-12-7-20-23(9-12)5-4-15(25)21-16-14(18)10-24(22-16)8-11-2-1-3-13(19)6-11/h1-3,6-7,9-10H,4-5,8H2,(H,21,22,25). The summed E-state index contributed by atoms with van der Waals surface area (Å²) in [6.45, 7) is 0.735. The van der Waals surface area contributed by atoms with Gasteiger partial charge in [0.05, 0.1) is 17.8 Å². The molecule has 0 radical (unpaired) electrons. The van der Waals surface area contributed by atoms with Gasteiger partial charge in [0.2, 0.25) is 5.91 Å². The van der Waals surface area contributed by atoms with Crippen molar-refractivity contribution < 1.29 is 9.18 Å². The highest BCUT2D eigenvalue weighted by atomic mass is 35.5. The monoisotopic (exact) mass is 381 g/mol. The normalized spacial score (nSPS) is 10.8. The van der Waals surface area contributed by atoms with Crippen LogP contribution in [-0.2, 0) is 17.9 Å². The third kappa shape index (κ3) is 4.80. The molecule has 6 nitrogen and oxygen atoms in total. The fraction of sp³-hybridized carbons (Fsp3) is 0.188. The number of amides is 1. The van der Waals surface area contributed by atoms with Crippen LogP contribution in [0.5, 0.6) is 0 Å². The van der Waals surface area contributed by atoms with E-state index in [9.17, 15) is 9.18 Å². The molecular weight excluding hydrogens is 368 g/mol. The maximum Gasteiger partial charge on any atom is 0.227 e. The average molecular weight is 382 g/mol. The highest BCUT2D eigenvalue weighted by Gasteiger charge is 2.11. The van der Waals surface area contributed by atoms with Crippen molar-refractivity contribution in [3.63, 3.8) is 0 Å². The van der Waals surface area contributed by atoms with E-state index in [1.165, 1.54) is 18.3 Å². The van der Waals surface area contributed by atoms with E-state index in [4.69, 9.17) is 23.2 Å². The minimum absolute atomic E-state index is 0.199. The molecule has 0 bridgehead atoms. The zero-order valence-corrected chi connectivity index (χ0v) is 14.5. The summed E-state index contributed by atoms with van der Waals surface area (Å²) < 4.78 is 16.3. The molecule has 0 saturated heterocycles. The van der Waals surface area contributed by atoms with E-state index in [1.807, 2.05) is 0 Å². The lowest BCUT2D eigenvalue weighted by Crippen LogP contribution is -2.15. The summed E-state index contributed by atoms with van der Waals surface area (Å²) in [7, 11) is 0. The largest absolute Gasteiger partial charge is 0.308 e. The van der Waals surface area contributed by atoms with E-state index >= 15 is 0 Å². The first kappa shape index (κ1) is 17.4. The molecule has 0 atom stereocenters. The number of anilines is 1. The predicted molar refractivity (Wildman–Crippen MR) is 93.2 cm³/mol. The second-order valence-corrected chi connectivity index (χ2v) is 6.22. The van der Waals surface area contributed by atoms with Crippen molar-refractivity contribution in [1.82, 2.24) is 19.6 Å². The van der Waals surface area contributed by atoms with Crippen LogP contribution < -0.4 is 5.32 Å². The van der Waals surface area contributed by atoms with Gasteiger partial charge in [0.15, 0.2) is 5.82 Å². The number of halogens is 3. The number of rotatable bonds is 6. The molecular formula is C16H14Cl2FN5O. The van der Waals surface area contributed by atoms with Gasteiger partial charge < -0.3 is 5.32 Å². The van der Waals surface area contributed by atoms with Gasteiger partial charge in [-0.15, -0.1) is 0 Å². The lowest BCUT2D eigenvalue weighted by Gasteiger charge is -2.04. The third-order valence-corrected chi connectivity index (χ3v) is 3.85. The minimum Gasteiger partial charge on any atom is -0.308 e. The van der Waals surface area contributed by atoms with Gasteiger partial charge in [0.25, 0.3) is 0 Å². The molecule has 2 heterocycles. The topological polar surface area (TPSA) is 64.7 Å². The Kier molecular flexibility index (Phi) is 5.35. The summed E-state index contributed by atoms with van der Waals surface area (Å²) in [6, 6.07) is 6.20. The first-order valence-corrected chi connectivity index (χ1v) is 8.20. The van der Waals surface area contributed by atoms with Gasteiger partial charge in [-0.05, 0) is 17.7 Å². The van der Waals surface area contributed by atoms with Crippen LogP contribution in [0.25, 0.3) is 0 Å². The molecule has 1 amide bonds. The van der Waals surface area contributed by atoms with Gasteiger partial charge in [-0.2, -0.15) is 10.2 Å². The molecule has 0 aliphatic heterocycles. The van der Waals surface area contributed by atoms with Crippen molar-refractivity contribution in [2.75, 3.05) is 5.32 Å². The van der Waals surface area contributed by atoms with Gasteiger partial charge in [-0.3, -0.25) is 14.2 Å². The summed E-state index contributed by atoms with van der Waals surface area (Å²) in [4.78, 5) is 12.0. The molecule has 25 heavy (non-hydrogen) atoms. The molecule has 0 aliphatic carbocycles. The minimum atomic E-state index is -0.317. The number of aryl methyl sites for hydroxylation is 1. The zero-order valence-electron chi connectivity index (χ0n) is 13.0. The molecule has 0 aliphatic rings. The molecule has 1 N–H and O–H groups in total. The van der Waals surface area contributed by atoms with Crippen molar-refractivity contribution in [2.45, 2.75) is 19.5 Å². The van der Waals surface area contributed by atoms with E-state index in [0.717, 1.165) is 5.56 Å². The molecule has 0 spiro atoms. The first-order valence-electron chi connectivity index (χ1n) is 7.45. The molecule has 130 valence electrons. The Morgan fingerprint density at radius 1 is 1.24 bits per heavy atom. The van der Waals surface area contributed by atoms with Crippen molar-refractivity contribution in [2.24, 2.45) is 0 Å². The number of benzene rings is 1. The van der Waals surface area contributed by atoms with Crippen LogP contribution in [0.2, 0.25) is 10.0 Å². The predicted octanol–water partition coefficient (Wildman–Crippen LogP) is 3.60. The van der Waals surface area contributed by atoms with Crippen LogP contribution in [0.1, 0.15) is 12.0 Å². The van der Waals surface area contributed by atoms with Crippen LogP contribution in [0.15, 0.2) is 42.9 Å². The van der Waals surface area contributed by atoms with Crippen LogP contribution in [0, 0.1) is 5.82 Å². The summed E-state index contributed by atoms with van der Waals surface area (Å²) in [6.07, 6.45) is 4.92. The number of hydrogen-bond acceptors (Lipinski definition) is 3. The van der Waals surface area contributed by atoms with Crippen LogP contribution >= 0.6 is 23.2 Å². The Bertz CT molecular complexity index is 892. The third-order valence-electron chi connectivity index (χ3n) is 3.38. The smallest absolute Gasteiger partial charge is 0.227 e. The Balaban J connectivity index is 1.59. The van der Waals surface area contributed by atoms with E-state index in [-0.39, 0.29) is 24.0 Å². The molecule has 0 fully saturated rings. The van der Waals surface area contributed by atoms with Crippen molar-refractivity contribution >= 4 is 34.9 Å². The van der Waals surface area contributed by atoms with Gasteiger partial charge in [-0.25, -0.2) is 4.39 Å². The van der Waals surface area contributed by atoms with Crippen molar-refractivity contribution in [3.05, 3.63) is 64.3 Å². The highest BCUT2D eigenvalue weighted by Crippen LogP contribution is 2.20. The first-order chi connectivity index (χ1) is 12.0. The van der Waals surface area contributed by atoms with E-state index in [1.54, 1.807) is 33.9 Å². The fourth-order valence-electron chi connectivity index (χ4n) is 2.26. The molecule has 0 unspecified atom stereocenters. The van der Waals surface area contributed by atoms with Crippen LogP contribution in [0.4, 0.5) is 10.2 Å². The summed E-state index contributed by atoms with van der Waals surface area (Å²) in [5, 5.41) is 11.7. The fourth-order valence-corrected chi connectivity index (χ4v) is 2.61. The van der Waals surface area contributed by atoms with E-state index < -0.39 is 0 Å². The number of nitrogens with one attached hydrogen (secondary N) is 1. The van der Waals surface area contributed by atoms with E-state index in [0.29, 0.717) is 23.1 Å². The van der Waals surface area contributed by atoms with Gasteiger partial charge in [0.1, 0.15) is 10.8 Å². The molecule has 0 saturated carbocycles. The van der Waals surface area contributed by atoms with Crippen LogP contribution in [-0.4, -0.2) is 25.5 Å². The Morgan fingerprint density at radius 3 is 2.80 bits per heavy atom. The number of nitrogens with zero attached hydrogens (tertiary/aromatic N) is 4. The molecule has 9 heteroatoms. The van der Waals surface area contributed by atoms with Crippen molar-refractivity contribution in [1.29, 1.82) is 0 Å². The Labute approximate surface area is 153 Å². The van der Waals surface area contributed by atoms with E-state index in [2.05, 4.69) is 15.5 Å². The van der Waals surface area contributed by atoms with Gasteiger partial charge >= 0.3 is 0 Å². The lowest BCUT2D eigenvalue weighted by atomic mass is 10.2. The van der Waals surface area contributed by atoms with Crippen molar-refractivity contribution in [3.8, 4) is 0 Å². The Morgan fingerprint density at radius 2 is 2.08 bits per heavy atom. The average Bonchev–Trinajstić information content (AvgIpc) is 3.11. The molecule has 3 aromatic rings.